The minimum absolute atomic E-state index is 0.0389. The van der Waals surface area contributed by atoms with Crippen molar-refractivity contribution in [1.29, 1.82) is 0 Å². The summed E-state index contributed by atoms with van der Waals surface area (Å²) in [5.41, 5.74) is 0.187. The second kappa shape index (κ2) is 12.0. The van der Waals surface area contributed by atoms with Crippen molar-refractivity contribution in [2.45, 2.75) is 110 Å². The Hall–Kier alpha value is -0.530. The molecule has 0 N–H and O–H groups in total. The smallest absolute Gasteiger partial charge is 0.306 e. The molecule has 1 aliphatic rings. The lowest BCUT2D eigenvalue weighted by molar-refractivity contribution is -0.137. The average molecular weight is 311 g/mol. The molecule has 0 radical (unpaired) electrons. The molecule has 0 aromatic heterocycles. The molecule has 1 heterocycles. The summed E-state index contributed by atoms with van der Waals surface area (Å²) in [6.45, 7) is 5.21. The van der Waals surface area contributed by atoms with Gasteiger partial charge in [-0.2, -0.15) is 0 Å². The summed E-state index contributed by atoms with van der Waals surface area (Å²) in [6, 6.07) is 0. The van der Waals surface area contributed by atoms with E-state index in [4.69, 9.17) is 4.74 Å². The number of carbonyl (C=O) groups excluding carboxylic acids is 1. The lowest BCUT2D eigenvalue weighted by Crippen LogP contribution is -2.21. The number of hydrogen-bond acceptors (Lipinski definition) is 2. The van der Waals surface area contributed by atoms with E-state index in [1.165, 1.54) is 89.9 Å². The molecule has 2 nitrogen and oxygen atoms in total. The van der Waals surface area contributed by atoms with E-state index in [-0.39, 0.29) is 11.4 Å². The number of hydrogen-bond donors (Lipinski definition) is 0. The fraction of sp³-hybridized carbons (Fsp3) is 0.950. The van der Waals surface area contributed by atoms with Gasteiger partial charge in [-0.3, -0.25) is 4.79 Å². The Labute approximate surface area is 138 Å². The zero-order valence-corrected chi connectivity index (χ0v) is 15.1. The highest BCUT2D eigenvalue weighted by Gasteiger charge is 2.39. The van der Waals surface area contributed by atoms with Gasteiger partial charge in [-0.1, -0.05) is 90.9 Å². The Morgan fingerprint density at radius 1 is 0.773 bits per heavy atom. The normalized spacial score (nSPS) is 16.9. The summed E-state index contributed by atoms with van der Waals surface area (Å²) in [7, 11) is 0. The third kappa shape index (κ3) is 8.19. The second-order valence-electron chi connectivity index (χ2n) is 7.37. The van der Waals surface area contributed by atoms with E-state index in [0.717, 1.165) is 0 Å². The molecule has 0 aliphatic carbocycles. The molecule has 0 bridgehead atoms. The lowest BCUT2D eigenvalue weighted by atomic mass is 9.77. The highest BCUT2D eigenvalue weighted by molar-refractivity contribution is 5.72. The van der Waals surface area contributed by atoms with Gasteiger partial charge in [0.1, 0.15) is 0 Å². The Morgan fingerprint density at radius 2 is 1.23 bits per heavy atom. The molecule has 1 aliphatic heterocycles. The van der Waals surface area contributed by atoms with Crippen LogP contribution in [0.2, 0.25) is 0 Å². The van der Waals surface area contributed by atoms with Gasteiger partial charge >= 0.3 is 5.97 Å². The first kappa shape index (κ1) is 19.5. The zero-order chi connectivity index (χ0) is 16.1. The molecule has 0 spiro atoms. The van der Waals surface area contributed by atoms with Crippen molar-refractivity contribution in [2.24, 2.45) is 5.41 Å². The van der Waals surface area contributed by atoms with Crippen molar-refractivity contribution in [3.63, 3.8) is 0 Å². The highest BCUT2D eigenvalue weighted by Crippen LogP contribution is 2.40. The molecule has 1 saturated heterocycles. The fourth-order valence-electron chi connectivity index (χ4n) is 3.65. The van der Waals surface area contributed by atoms with E-state index >= 15 is 0 Å². The van der Waals surface area contributed by atoms with Crippen molar-refractivity contribution in [2.75, 3.05) is 6.61 Å². The topological polar surface area (TPSA) is 26.3 Å². The van der Waals surface area contributed by atoms with Crippen molar-refractivity contribution < 1.29 is 9.53 Å². The Bertz CT molecular complexity index is 269. The van der Waals surface area contributed by atoms with Gasteiger partial charge < -0.3 is 4.74 Å². The van der Waals surface area contributed by atoms with Gasteiger partial charge in [-0.25, -0.2) is 0 Å². The minimum atomic E-state index is 0.0389. The fourth-order valence-corrected chi connectivity index (χ4v) is 3.65. The molecule has 1 rings (SSSR count). The third-order valence-corrected chi connectivity index (χ3v) is 5.18. The SMILES string of the molecule is CCCCCCCCC1(CCCCCCCC)COC(=O)C1. The molecular weight excluding hydrogens is 272 g/mol. The maximum Gasteiger partial charge on any atom is 0.306 e. The summed E-state index contributed by atoms with van der Waals surface area (Å²) < 4.78 is 5.32. The van der Waals surface area contributed by atoms with Gasteiger partial charge in [0.15, 0.2) is 0 Å². The predicted molar refractivity (Wildman–Crippen MR) is 94.0 cm³/mol. The first-order valence-corrected chi connectivity index (χ1v) is 9.88. The minimum Gasteiger partial charge on any atom is -0.465 e. The zero-order valence-electron chi connectivity index (χ0n) is 15.1. The standard InChI is InChI=1S/C20H38O2/c1-3-5-7-9-11-13-15-20(17-19(21)22-18-20)16-14-12-10-8-6-4-2/h3-18H2,1-2H3. The second-order valence-corrected chi connectivity index (χ2v) is 7.37. The molecule has 2 heteroatoms. The monoisotopic (exact) mass is 310 g/mol. The van der Waals surface area contributed by atoms with E-state index in [1.54, 1.807) is 0 Å². The van der Waals surface area contributed by atoms with Crippen molar-refractivity contribution >= 4 is 5.97 Å². The van der Waals surface area contributed by atoms with Crippen molar-refractivity contribution in [3.05, 3.63) is 0 Å². The molecule has 22 heavy (non-hydrogen) atoms. The van der Waals surface area contributed by atoms with Crippen LogP contribution >= 0.6 is 0 Å². The van der Waals surface area contributed by atoms with Crippen LogP contribution in [0.4, 0.5) is 0 Å². The molecule has 1 fully saturated rings. The van der Waals surface area contributed by atoms with Crippen LogP contribution in [0.15, 0.2) is 0 Å². The number of esters is 1. The predicted octanol–water partition coefficient (Wildman–Crippen LogP) is 6.42. The van der Waals surface area contributed by atoms with Crippen LogP contribution in [-0.4, -0.2) is 12.6 Å². The lowest BCUT2D eigenvalue weighted by Gasteiger charge is -2.26. The number of rotatable bonds is 14. The summed E-state index contributed by atoms with van der Waals surface area (Å²) in [5.74, 6) is 0.0389. The number of unbranched alkanes of at least 4 members (excludes halogenated alkanes) is 10. The molecular formula is C20H38O2. The summed E-state index contributed by atoms with van der Waals surface area (Å²) in [5, 5.41) is 0. The molecule has 0 unspecified atom stereocenters. The van der Waals surface area contributed by atoms with E-state index in [1.807, 2.05) is 0 Å². The average Bonchev–Trinajstić information content (AvgIpc) is 2.88. The molecule has 0 aromatic carbocycles. The van der Waals surface area contributed by atoms with Gasteiger partial charge in [0.05, 0.1) is 13.0 Å². The number of cyclic esters (lactones) is 1. The van der Waals surface area contributed by atoms with Crippen LogP contribution in [-0.2, 0) is 9.53 Å². The summed E-state index contributed by atoms with van der Waals surface area (Å²) in [6.07, 6.45) is 19.1. The van der Waals surface area contributed by atoms with Crippen LogP contribution in [0.5, 0.6) is 0 Å². The van der Waals surface area contributed by atoms with E-state index in [0.29, 0.717) is 13.0 Å². The van der Waals surface area contributed by atoms with Gasteiger partial charge in [0.2, 0.25) is 0 Å². The molecule has 0 atom stereocenters. The van der Waals surface area contributed by atoms with Crippen LogP contribution in [0.3, 0.4) is 0 Å². The van der Waals surface area contributed by atoms with Gasteiger partial charge in [-0.05, 0) is 12.8 Å². The van der Waals surface area contributed by atoms with E-state index < -0.39 is 0 Å². The quantitative estimate of drug-likeness (QED) is 0.273. The summed E-state index contributed by atoms with van der Waals surface area (Å²) in [4.78, 5) is 11.6. The van der Waals surface area contributed by atoms with Crippen LogP contribution in [0.25, 0.3) is 0 Å². The van der Waals surface area contributed by atoms with Crippen LogP contribution < -0.4 is 0 Å². The largest absolute Gasteiger partial charge is 0.465 e. The van der Waals surface area contributed by atoms with Crippen LogP contribution in [0, 0.1) is 5.41 Å². The van der Waals surface area contributed by atoms with Gasteiger partial charge in [0, 0.05) is 5.41 Å². The summed E-state index contributed by atoms with van der Waals surface area (Å²) >= 11 is 0. The van der Waals surface area contributed by atoms with Gasteiger partial charge in [-0.15, -0.1) is 0 Å². The Morgan fingerprint density at radius 3 is 1.64 bits per heavy atom. The molecule has 0 saturated carbocycles. The van der Waals surface area contributed by atoms with E-state index in [2.05, 4.69) is 13.8 Å². The maximum absolute atomic E-state index is 11.6. The number of carbonyl (C=O) groups is 1. The third-order valence-electron chi connectivity index (χ3n) is 5.18. The Kier molecular flexibility index (Phi) is 10.6. The molecule has 0 aromatic rings. The first-order valence-electron chi connectivity index (χ1n) is 9.88. The maximum atomic E-state index is 11.6. The number of ether oxygens (including phenoxy) is 1. The first-order chi connectivity index (χ1) is 10.7. The molecule has 0 amide bonds. The highest BCUT2D eigenvalue weighted by atomic mass is 16.5. The van der Waals surface area contributed by atoms with Gasteiger partial charge in [0.25, 0.3) is 0 Å². The van der Waals surface area contributed by atoms with Crippen molar-refractivity contribution in [3.8, 4) is 0 Å². The molecule has 130 valence electrons. The Balaban J connectivity index is 2.19. The van der Waals surface area contributed by atoms with Crippen LogP contribution in [0.1, 0.15) is 110 Å². The van der Waals surface area contributed by atoms with E-state index in [9.17, 15) is 4.79 Å². The van der Waals surface area contributed by atoms with Crippen molar-refractivity contribution in [1.82, 2.24) is 0 Å².